The van der Waals surface area contributed by atoms with E-state index in [9.17, 15) is 4.79 Å². The Kier molecular flexibility index (Phi) is 4.48. The molecule has 0 aromatic heterocycles. The van der Waals surface area contributed by atoms with E-state index in [4.69, 9.17) is 10.8 Å². The van der Waals surface area contributed by atoms with Crippen molar-refractivity contribution in [2.24, 2.45) is 5.73 Å². The Morgan fingerprint density at radius 1 is 1.06 bits per heavy atom. The average molecular weight is 217 g/mol. The molecular formula is C13H15NO2. The van der Waals surface area contributed by atoms with E-state index in [1.807, 2.05) is 0 Å². The van der Waals surface area contributed by atoms with E-state index < -0.39 is 12.0 Å². The van der Waals surface area contributed by atoms with Crippen LogP contribution in [0.15, 0.2) is 48.5 Å². The number of carbonyl (C=O) groups is 1. The van der Waals surface area contributed by atoms with E-state index in [0.717, 1.165) is 0 Å². The fourth-order valence-electron chi connectivity index (χ4n) is 1.13. The normalized spacial score (nSPS) is 11.4. The Bertz CT molecular complexity index is 401. The first-order valence-corrected chi connectivity index (χ1v) is 5.03. The molecule has 3 nitrogen and oxygen atoms in total. The number of benzene rings is 2. The van der Waals surface area contributed by atoms with Crippen molar-refractivity contribution in [3.63, 3.8) is 0 Å². The molecule has 3 N–H and O–H groups in total. The summed E-state index contributed by atoms with van der Waals surface area (Å²) < 4.78 is 0. The van der Waals surface area contributed by atoms with Gasteiger partial charge in [-0.2, -0.15) is 0 Å². The fraction of sp³-hybridized carbons (Fsp3) is 0.154. The lowest BCUT2D eigenvalue weighted by Crippen LogP contribution is -2.25. The molecule has 16 heavy (non-hydrogen) atoms. The number of nitrogens with two attached hydrogens (primary N) is 1. The van der Waals surface area contributed by atoms with Crippen LogP contribution >= 0.6 is 0 Å². The summed E-state index contributed by atoms with van der Waals surface area (Å²) in [7, 11) is 0. The number of aliphatic carboxylic acids is 1. The molecule has 0 saturated heterocycles. The second-order valence-corrected chi connectivity index (χ2v) is 3.47. The van der Waals surface area contributed by atoms with E-state index in [-0.39, 0.29) is 0 Å². The molecule has 0 amide bonds. The molecular weight excluding hydrogens is 202 g/mol. The quantitative estimate of drug-likeness (QED) is 0.770. The molecule has 0 fully saturated rings. The largest absolute Gasteiger partial charge is 0.480 e. The van der Waals surface area contributed by atoms with Crippen molar-refractivity contribution >= 4 is 16.7 Å². The minimum Gasteiger partial charge on any atom is -0.480 e. The SMILES string of the molecule is CC(N)C(=O)O.c1ccc2ccccc2c1. The summed E-state index contributed by atoms with van der Waals surface area (Å²) in [6, 6.07) is 16.0. The molecule has 0 saturated carbocycles. The van der Waals surface area contributed by atoms with Crippen LogP contribution in [0, 0.1) is 0 Å². The van der Waals surface area contributed by atoms with Crippen molar-refractivity contribution in [3.05, 3.63) is 48.5 Å². The van der Waals surface area contributed by atoms with Gasteiger partial charge in [0, 0.05) is 0 Å². The standard InChI is InChI=1S/C10H8.C3H7NO2/c1-2-6-10-8-4-3-7-9(10)5-1;1-2(4)3(5)6/h1-8H;2H,4H2,1H3,(H,5,6). The first kappa shape index (κ1) is 12.2. The molecule has 2 rings (SSSR count). The van der Waals surface area contributed by atoms with Crippen LogP contribution in [-0.4, -0.2) is 17.1 Å². The predicted octanol–water partition coefficient (Wildman–Crippen LogP) is 2.26. The molecule has 0 aliphatic carbocycles. The summed E-state index contributed by atoms with van der Waals surface area (Å²) in [5.74, 6) is -0.963. The van der Waals surface area contributed by atoms with Crippen LogP contribution in [0.25, 0.3) is 10.8 Å². The lowest BCUT2D eigenvalue weighted by atomic mass is 10.1. The van der Waals surface area contributed by atoms with E-state index in [0.29, 0.717) is 0 Å². The molecule has 0 bridgehead atoms. The van der Waals surface area contributed by atoms with E-state index in [2.05, 4.69) is 48.5 Å². The highest BCUT2D eigenvalue weighted by Gasteiger charge is 1.99. The highest BCUT2D eigenvalue weighted by atomic mass is 16.4. The maximum Gasteiger partial charge on any atom is 0.320 e. The van der Waals surface area contributed by atoms with Gasteiger partial charge >= 0.3 is 5.97 Å². The maximum atomic E-state index is 9.57. The summed E-state index contributed by atoms with van der Waals surface area (Å²) in [6.07, 6.45) is 0. The van der Waals surface area contributed by atoms with Gasteiger partial charge in [0.05, 0.1) is 0 Å². The Hall–Kier alpha value is -1.87. The van der Waals surface area contributed by atoms with Gasteiger partial charge in [-0.1, -0.05) is 48.5 Å². The van der Waals surface area contributed by atoms with Crippen molar-refractivity contribution < 1.29 is 9.90 Å². The third kappa shape index (κ3) is 3.71. The monoisotopic (exact) mass is 217 g/mol. The lowest BCUT2D eigenvalue weighted by molar-refractivity contribution is -0.138. The summed E-state index contributed by atoms with van der Waals surface area (Å²) in [6.45, 7) is 1.42. The van der Waals surface area contributed by atoms with Crippen molar-refractivity contribution in [2.75, 3.05) is 0 Å². The second kappa shape index (κ2) is 5.88. The minimum absolute atomic E-state index is 0.731. The Labute approximate surface area is 94.5 Å². The Balaban J connectivity index is 0.000000187. The minimum atomic E-state index is -0.963. The highest BCUT2D eigenvalue weighted by Crippen LogP contribution is 2.11. The average Bonchev–Trinajstić information content (AvgIpc) is 2.30. The van der Waals surface area contributed by atoms with E-state index in [1.54, 1.807) is 0 Å². The zero-order chi connectivity index (χ0) is 12.0. The molecule has 0 aliphatic rings. The first-order valence-electron chi connectivity index (χ1n) is 5.03. The topological polar surface area (TPSA) is 63.3 Å². The zero-order valence-corrected chi connectivity index (χ0v) is 9.13. The molecule has 2 aromatic rings. The van der Waals surface area contributed by atoms with Crippen molar-refractivity contribution in [3.8, 4) is 0 Å². The zero-order valence-electron chi connectivity index (χ0n) is 9.13. The van der Waals surface area contributed by atoms with Crippen LogP contribution in [0.4, 0.5) is 0 Å². The van der Waals surface area contributed by atoms with Gasteiger partial charge < -0.3 is 10.8 Å². The number of carboxylic acid groups (broad SMARTS) is 1. The van der Waals surface area contributed by atoms with Crippen molar-refractivity contribution in [2.45, 2.75) is 13.0 Å². The third-order valence-corrected chi connectivity index (χ3v) is 2.05. The number of rotatable bonds is 1. The van der Waals surface area contributed by atoms with Gasteiger partial charge in [-0.15, -0.1) is 0 Å². The smallest absolute Gasteiger partial charge is 0.320 e. The van der Waals surface area contributed by atoms with Gasteiger partial charge in [0.25, 0.3) is 0 Å². The molecule has 1 unspecified atom stereocenters. The molecule has 0 radical (unpaired) electrons. The van der Waals surface area contributed by atoms with Gasteiger partial charge in [-0.3, -0.25) is 4.79 Å². The Morgan fingerprint density at radius 3 is 1.50 bits per heavy atom. The van der Waals surface area contributed by atoms with E-state index >= 15 is 0 Å². The molecule has 0 aliphatic heterocycles. The van der Waals surface area contributed by atoms with Crippen LogP contribution < -0.4 is 5.73 Å². The fourth-order valence-corrected chi connectivity index (χ4v) is 1.13. The van der Waals surface area contributed by atoms with E-state index in [1.165, 1.54) is 17.7 Å². The molecule has 84 valence electrons. The summed E-state index contributed by atoms with van der Waals surface area (Å²) in [5, 5.41) is 10.5. The maximum absolute atomic E-state index is 9.57. The van der Waals surface area contributed by atoms with Crippen LogP contribution in [0.3, 0.4) is 0 Å². The molecule has 3 heteroatoms. The molecule has 0 heterocycles. The van der Waals surface area contributed by atoms with Gasteiger partial charge in [-0.25, -0.2) is 0 Å². The molecule has 0 spiro atoms. The summed E-state index contributed by atoms with van der Waals surface area (Å²) in [5.41, 5.74) is 4.84. The van der Waals surface area contributed by atoms with Gasteiger partial charge in [0.1, 0.15) is 6.04 Å². The molecule has 1 atom stereocenters. The molecule has 2 aromatic carbocycles. The van der Waals surface area contributed by atoms with Crippen LogP contribution in [0.1, 0.15) is 6.92 Å². The van der Waals surface area contributed by atoms with Crippen molar-refractivity contribution in [1.29, 1.82) is 0 Å². The lowest BCUT2D eigenvalue weighted by Gasteiger charge is -1.92. The second-order valence-electron chi connectivity index (χ2n) is 3.47. The van der Waals surface area contributed by atoms with Crippen molar-refractivity contribution in [1.82, 2.24) is 0 Å². The summed E-state index contributed by atoms with van der Waals surface area (Å²) >= 11 is 0. The van der Waals surface area contributed by atoms with Gasteiger partial charge in [0.2, 0.25) is 0 Å². The number of hydrogen-bond acceptors (Lipinski definition) is 2. The summed E-state index contributed by atoms with van der Waals surface area (Å²) in [4.78, 5) is 9.57. The van der Waals surface area contributed by atoms with Crippen LogP contribution in [-0.2, 0) is 4.79 Å². The number of fused-ring (bicyclic) bond motifs is 1. The van der Waals surface area contributed by atoms with Gasteiger partial charge in [-0.05, 0) is 17.7 Å². The van der Waals surface area contributed by atoms with Gasteiger partial charge in [0.15, 0.2) is 0 Å². The first-order chi connectivity index (χ1) is 7.61. The van der Waals surface area contributed by atoms with Crippen LogP contribution in [0.2, 0.25) is 0 Å². The predicted molar refractivity (Wildman–Crippen MR) is 65.2 cm³/mol. The highest BCUT2D eigenvalue weighted by molar-refractivity contribution is 5.82. The number of hydrogen-bond donors (Lipinski definition) is 2. The van der Waals surface area contributed by atoms with Crippen LogP contribution in [0.5, 0.6) is 0 Å². The Morgan fingerprint density at radius 2 is 1.31 bits per heavy atom. The third-order valence-electron chi connectivity index (χ3n) is 2.05. The number of carboxylic acids is 1.